The Bertz CT molecular complexity index is 1720. The summed E-state index contributed by atoms with van der Waals surface area (Å²) in [5.74, 6) is 0. The molecule has 0 aromatic carbocycles. The second-order valence-electron chi connectivity index (χ2n) is 11.0. The molecular formula is C36H38N6+6. The van der Waals surface area contributed by atoms with E-state index in [1.165, 1.54) is 45.0 Å². The number of aromatic nitrogens is 6. The van der Waals surface area contributed by atoms with E-state index in [1.54, 1.807) is 0 Å². The summed E-state index contributed by atoms with van der Waals surface area (Å²) in [5, 5.41) is 0. The largest absolute Gasteiger partial charge is 0.277 e. The molecular weight excluding hydrogens is 516 g/mol. The van der Waals surface area contributed by atoms with Crippen LogP contribution in [0.5, 0.6) is 0 Å². The first kappa shape index (κ1) is 27.1. The van der Waals surface area contributed by atoms with Crippen LogP contribution in [0.15, 0.2) is 135 Å². The molecule has 6 nitrogen and oxygen atoms in total. The van der Waals surface area contributed by atoms with Gasteiger partial charge in [-0.2, -0.15) is 18.3 Å². The van der Waals surface area contributed by atoms with Gasteiger partial charge in [-0.15, -0.1) is 0 Å². The third-order valence-electron chi connectivity index (χ3n) is 7.87. The van der Waals surface area contributed by atoms with Crippen LogP contribution in [0, 0.1) is 0 Å². The van der Waals surface area contributed by atoms with Crippen LogP contribution in [0.25, 0.3) is 33.9 Å². The first-order chi connectivity index (χ1) is 20.4. The average Bonchev–Trinajstić information content (AvgIpc) is 2.99. The van der Waals surface area contributed by atoms with E-state index < -0.39 is 0 Å². The highest BCUT2D eigenvalue weighted by atomic mass is 15.0. The van der Waals surface area contributed by atoms with Crippen LogP contribution in [0.4, 0.5) is 0 Å². The van der Waals surface area contributed by atoms with Gasteiger partial charge >= 0.3 is 0 Å². The highest BCUT2D eigenvalue weighted by Gasteiger charge is 2.21. The lowest BCUT2D eigenvalue weighted by Gasteiger charge is -2.03. The molecule has 0 bridgehead atoms. The predicted octanol–water partition coefficient (Wildman–Crippen LogP) is 2.66. The van der Waals surface area contributed by atoms with Gasteiger partial charge in [-0.3, -0.25) is 0 Å². The highest BCUT2D eigenvalue weighted by molar-refractivity contribution is 5.61. The van der Waals surface area contributed by atoms with Gasteiger partial charge < -0.3 is 0 Å². The maximum absolute atomic E-state index is 2.23. The molecule has 206 valence electrons. The van der Waals surface area contributed by atoms with Crippen molar-refractivity contribution in [1.29, 1.82) is 0 Å². The first-order valence-electron chi connectivity index (χ1n) is 14.3. The standard InChI is InChI=1S/C36H38N6/c1-37-19-7-5-9-33(37)35-13-11-29(25-39(35)3)27-41-21-15-31(16-22-41)32-17-23-42(24-18-32)28-30-12-14-36(40(4)26-30)34-10-6-8-20-38(34)2/h5-26H,27-28H2,1-4H3/q+6. The van der Waals surface area contributed by atoms with Gasteiger partial charge in [-0.25, -0.2) is 9.13 Å². The fourth-order valence-electron chi connectivity index (χ4n) is 5.56. The van der Waals surface area contributed by atoms with Gasteiger partial charge in [-0.05, 0) is 35.4 Å². The molecule has 0 spiro atoms. The van der Waals surface area contributed by atoms with Crippen molar-refractivity contribution in [2.45, 2.75) is 13.1 Å². The minimum atomic E-state index is 0.822. The van der Waals surface area contributed by atoms with Gasteiger partial charge in [0.25, 0.3) is 22.8 Å². The fourth-order valence-corrected chi connectivity index (χ4v) is 5.56. The summed E-state index contributed by atoms with van der Waals surface area (Å²) < 4.78 is 13.2. The van der Waals surface area contributed by atoms with E-state index in [0.717, 1.165) is 13.1 Å². The number of rotatable bonds is 7. The molecule has 0 unspecified atom stereocenters. The van der Waals surface area contributed by atoms with E-state index in [-0.39, 0.29) is 0 Å². The van der Waals surface area contributed by atoms with Crippen molar-refractivity contribution in [3.05, 3.63) is 146 Å². The van der Waals surface area contributed by atoms with Crippen LogP contribution in [0.3, 0.4) is 0 Å². The van der Waals surface area contributed by atoms with E-state index in [2.05, 4.69) is 190 Å². The molecule has 0 N–H and O–H groups in total. The summed E-state index contributed by atoms with van der Waals surface area (Å²) >= 11 is 0. The minimum Gasteiger partial charge on any atom is -0.200 e. The molecule has 6 rings (SSSR count). The molecule has 0 radical (unpaired) electrons. The van der Waals surface area contributed by atoms with Gasteiger partial charge in [0, 0.05) is 60.7 Å². The monoisotopic (exact) mass is 554 g/mol. The summed E-state index contributed by atoms with van der Waals surface area (Å²) in [7, 11) is 8.39. The summed E-state index contributed by atoms with van der Waals surface area (Å²) in [5.41, 5.74) is 9.71. The van der Waals surface area contributed by atoms with Crippen LogP contribution in [0.2, 0.25) is 0 Å². The van der Waals surface area contributed by atoms with Crippen LogP contribution >= 0.6 is 0 Å². The Balaban J connectivity index is 1.11. The number of pyridine rings is 6. The molecule has 0 amide bonds. The zero-order chi connectivity index (χ0) is 29.1. The van der Waals surface area contributed by atoms with E-state index in [4.69, 9.17) is 0 Å². The molecule has 6 aromatic rings. The normalized spacial score (nSPS) is 11.0. The number of aryl methyl sites for hydroxylation is 4. The van der Waals surface area contributed by atoms with Crippen molar-refractivity contribution in [1.82, 2.24) is 0 Å². The van der Waals surface area contributed by atoms with Crippen molar-refractivity contribution in [3.8, 4) is 33.9 Å². The van der Waals surface area contributed by atoms with E-state index >= 15 is 0 Å². The summed E-state index contributed by atoms with van der Waals surface area (Å²) in [6.07, 6.45) is 17.2. The number of hydrogen-bond acceptors (Lipinski definition) is 0. The molecule has 42 heavy (non-hydrogen) atoms. The third-order valence-corrected chi connectivity index (χ3v) is 7.87. The third kappa shape index (κ3) is 5.84. The van der Waals surface area contributed by atoms with E-state index in [9.17, 15) is 0 Å². The maximum atomic E-state index is 2.23. The summed E-state index contributed by atoms with van der Waals surface area (Å²) in [4.78, 5) is 0. The van der Waals surface area contributed by atoms with Crippen LogP contribution in [-0.4, -0.2) is 0 Å². The number of hydrogen-bond donors (Lipinski definition) is 0. The zero-order valence-electron chi connectivity index (χ0n) is 24.8. The Labute approximate surface area is 247 Å². The molecule has 6 heteroatoms. The maximum Gasteiger partial charge on any atom is 0.277 e. The molecule has 0 fully saturated rings. The second-order valence-corrected chi connectivity index (χ2v) is 11.0. The van der Waals surface area contributed by atoms with Crippen LogP contribution in [-0.2, 0) is 41.3 Å². The van der Waals surface area contributed by atoms with E-state index in [1.807, 2.05) is 0 Å². The van der Waals surface area contributed by atoms with Gasteiger partial charge in [0.2, 0.25) is 0 Å². The lowest BCUT2D eigenvalue weighted by atomic mass is 10.1. The topological polar surface area (TPSA) is 23.3 Å². The van der Waals surface area contributed by atoms with Crippen LogP contribution < -0.4 is 27.4 Å². The summed E-state index contributed by atoms with van der Waals surface area (Å²) in [6.45, 7) is 1.64. The fraction of sp³-hybridized carbons (Fsp3) is 0.167. The van der Waals surface area contributed by atoms with Gasteiger partial charge in [0.05, 0.1) is 11.1 Å². The molecule has 0 saturated heterocycles. The van der Waals surface area contributed by atoms with Gasteiger partial charge in [0.1, 0.15) is 28.2 Å². The van der Waals surface area contributed by atoms with Crippen molar-refractivity contribution in [2.75, 3.05) is 0 Å². The van der Waals surface area contributed by atoms with Crippen molar-refractivity contribution < 1.29 is 27.4 Å². The Morgan fingerprint density at radius 2 is 0.762 bits per heavy atom. The average molecular weight is 555 g/mol. The summed E-state index contributed by atoms with van der Waals surface area (Å²) in [6, 6.07) is 30.2. The first-order valence-corrected chi connectivity index (χ1v) is 14.3. The quantitative estimate of drug-likeness (QED) is 0.271. The molecule has 6 aromatic heterocycles. The molecule has 6 heterocycles. The lowest BCUT2D eigenvalue weighted by Crippen LogP contribution is -2.40. The van der Waals surface area contributed by atoms with Crippen molar-refractivity contribution in [2.24, 2.45) is 28.2 Å². The van der Waals surface area contributed by atoms with E-state index in [0.29, 0.717) is 0 Å². The highest BCUT2D eigenvalue weighted by Crippen LogP contribution is 2.16. The molecule has 0 aliphatic heterocycles. The Hall–Kier alpha value is -5.10. The Kier molecular flexibility index (Phi) is 7.60. The smallest absolute Gasteiger partial charge is 0.200 e. The Morgan fingerprint density at radius 1 is 0.381 bits per heavy atom. The van der Waals surface area contributed by atoms with Gasteiger partial charge in [-0.1, -0.05) is 0 Å². The van der Waals surface area contributed by atoms with Crippen molar-refractivity contribution in [3.63, 3.8) is 0 Å². The van der Waals surface area contributed by atoms with Gasteiger partial charge in [0.15, 0.2) is 62.7 Å². The van der Waals surface area contributed by atoms with Crippen molar-refractivity contribution >= 4 is 0 Å². The molecule has 0 saturated carbocycles. The minimum absolute atomic E-state index is 0.822. The predicted molar refractivity (Wildman–Crippen MR) is 159 cm³/mol. The molecule has 0 aliphatic rings. The molecule has 0 atom stereocenters. The Morgan fingerprint density at radius 3 is 1.12 bits per heavy atom. The molecule has 0 aliphatic carbocycles. The SMILES string of the molecule is C[n+]1ccccc1-c1ccc(C[n+]2ccc(-c3cc[n+](Cc4ccc(-c5cccc[n+]5C)[n+](C)c4)cc3)cc2)c[n+]1C. The number of nitrogens with zero attached hydrogens (tertiary/aromatic N) is 6. The second kappa shape index (κ2) is 11.8. The lowest BCUT2D eigenvalue weighted by molar-refractivity contribution is -0.699. The zero-order valence-corrected chi connectivity index (χ0v) is 24.8. The van der Waals surface area contributed by atoms with Crippen LogP contribution in [0.1, 0.15) is 11.1 Å².